The number of aryl methyl sites for hydroxylation is 1. The summed E-state index contributed by atoms with van der Waals surface area (Å²) in [7, 11) is 1.90. The number of hydrogen-bond donors (Lipinski definition) is 13. The summed E-state index contributed by atoms with van der Waals surface area (Å²) in [5, 5.41) is 16.2. The van der Waals surface area contributed by atoms with Crippen molar-refractivity contribution in [3.05, 3.63) is 189 Å². The van der Waals surface area contributed by atoms with Crippen LogP contribution in [-0.2, 0) is 38.4 Å². The third-order valence-corrected chi connectivity index (χ3v) is 16.8. The molecule has 31 nitrogen and oxygen atoms in total. The zero-order valence-electron chi connectivity index (χ0n) is 48.2. The zero-order valence-corrected chi connectivity index (χ0v) is 54.4. The smallest absolute Gasteiger partial charge is 0.326 e. The number of H-pyrrole nitrogens is 12. The molecular formula is C51H65BrCl5N19O12S. The van der Waals surface area contributed by atoms with Gasteiger partial charge in [0.05, 0.1) is 40.9 Å². The molecule has 0 spiro atoms. The average Bonchev–Trinajstić information content (AvgIpc) is 4.48. The molecular weight excluding hydrogens is 1360 g/mol. The number of thioether (sulfide) groups is 1. The lowest BCUT2D eigenvalue weighted by atomic mass is 10.2. The molecule has 0 radical (unpaired) electrons. The molecule has 0 bridgehead atoms. The molecule has 38 heteroatoms. The Morgan fingerprint density at radius 2 is 0.899 bits per heavy atom. The second kappa shape index (κ2) is 36.0. The molecule has 0 unspecified atom stereocenters. The summed E-state index contributed by atoms with van der Waals surface area (Å²) in [6.07, 6.45) is 11.1. The van der Waals surface area contributed by atoms with Gasteiger partial charge in [0.1, 0.15) is 34.6 Å². The molecule has 0 aromatic carbocycles. The average molecular weight is 1430 g/mol. The lowest BCUT2D eigenvalue weighted by Gasteiger charge is -2.17. The molecule has 3 saturated heterocycles. The summed E-state index contributed by atoms with van der Waals surface area (Å²) in [6, 6.07) is 0. The minimum atomic E-state index is -0.592. The number of hydrogen-bond acceptors (Lipinski definition) is 19. The summed E-state index contributed by atoms with van der Waals surface area (Å²) in [4.78, 5) is 169. The largest absolute Gasteiger partial charge is 0.355 e. The van der Waals surface area contributed by atoms with Gasteiger partial charge in [-0.3, -0.25) is 73.9 Å². The number of aromatic amines is 12. The minimum Gasteiger partial charge on any atom is -0.355 e. The van der Waals surface area contributed by atoms with Crippen LogP contribution in [0.4, 0.5) is 0 Å². The van der Waals surface area contributed by atoms with E-state index in [0.29, 0.717) is 89.2 Å². The monoisotopic (exact) mass is 1420 g/mol. The summed E-state index contributed by atoms with van der Waals surface area (Å²) >= 11 is 33.3. The van der Waals surface area contributed by atoms with Gasteiger partial charge in [-0.1, -0.05) is 78.3 Å². The Labute approximate surface area is 539 Å². The fraction of sp³-hybridized carbons (Fsp3) is 0.471. The number of halogens is 6. The van der Waals surface area contributed by atoms with Gasteiger partial charge in [0, 0.05) is 56.7 Å². The first kappa shape index (κ1) is 72.8. The maximum Gasteiger partial charge on any atom is 0.326 e. The predicted octanol–water partition coefficient (Wildman–Crippen LogP) is 2.99. The highest BCUT2D eigenvalue weighted by Crippen LogP contribution is 2.20. The number of nitrogens with zero attached hydrogens (tertiary/aromatic N) is 6. The molecule has 0 aliphatic carbocycles. The van der Waals surface area contributed by atoms with Crippen LogP contribution in [0, 0.1) is 5.41 Å². The zero-order chi connectivity index (χ0) is 65.5. The van der Waals surface area contributed by atoms with Gasteiger partial charge in [0.2, 0.25) is 0 Å². The Morgan fingerprint density at radius 3 is 1.34 bits per heavy atom. The first-order valence-corrected chi connectivity index (χ1v) is 31.2. The Bertz CT molecular complexity index is 4140. The Kier molecular flexibility index (Phi) is 29.5. The molecule has 10 heterocycles. The molecule has 4 aliphatic rings. The van der Waals surface area contributed by atoms with Gasteiger partial charge in [-0.25, -0.2) is 28.8 Å². The third-order valence-electron chi connectivity index (χ3n) is 12.9. The van der Waals surface area contributed by atoms with E-state index in [1.54, 1.807) is 11.1 Å². The van der Waals surface area contributed by atoms with Gasteiger partial charge >= 0.3 is 34.1 Å². The lowest BCUT2D eigenvalue weighted by Crippen LogP contribution is -2.30. The first-order chi connectivity index (χ1) is 42.3. The SMILES string of the molecule is CCCN(C)Cc1[nH]c(=O)[nH]c(=O)c1Cl.CCCc1[nH]c(=O)[nH]c(=O)c1Cl.N=C1CCCN1Cc1[nH]c(=O)[nH]c(=O)c1Cl.O=c1[nH]c(CN2CCCC2)c(Br)c(=O)[nH]1.O=c1[nH]c(CN2CCCC2)c(Cl)c(=O)[nH]1.O=c1[nH]c(CSC2=NN=CC2)c(Cl)c(=O)[nH]1. The molecule has 0 amide bonds. The van der Waals surface area contributed by atoms with Crippen molar-refractivity contribution in [2.45, 2.75) is 110 Å². The van der Waals surface area contributed by atoms with Crippen molar-refractivity contribution in [1.82, 2.24) is 79.4 Å². The molecule has 0 atom stereocenters. The highest BCUT2D eigenvalue weighted by Gasteiger charge is 2.21. The van der Waals surface area contributed by atoms with Crippen LogP contribution >= 0.6 is 85.7 Å². The molecule has 0 saturated carbocycles. The van der Waals surface area contributed by atoms with Gasteiger partial charge in [-0.2, -0.15) is 5.10 Å². The van der Waals surface area contributed by atoms with Crippen molar-refractivity contribution in [1.29, 1.82) is 5.41 Å². The maximum atomic E-state index is 11.3. The van der Waals surface area contributed by atoms with E-state index in [0.717, 1.165) is 82.8 Å². The summed E-state index contributed by atoms with van der Waals surface area (Å²) in [6.45, 7) is 11.6. The second-order valence-corrected chi connectivity index (χ2v) is 23.6. The summed E-state index contributed by atoms with van der Waals surface area (Å²) < 4.78 is 0.425. The minimum absolute atomic E-state index is 0.00613. The second-order valence-electron chi connectivity index (χ2n) is 19.9. The maximum absolute atomic E-state index is 11.3. The van der Waals surface area contributed by atoms with E-state index in [2.05, 4.69) is 87.7 Å². The van der Waals surface area contributed by atoms with E-state index in [1.165, 1.54) is 24.6 Å². The highest BCUT2D eigenvalue weighted by atomic mass is 79.9. The number of amidine groups is 1. The summed E-state index contributed by atoms with van der Waals surface area (Å²) in [5.41, 5.74) is -3.34. The van der Waals surface area contributed by atoms with E-state index >= 15 is 0 Å². The van der Waals surface area contributed by atoms with E-state index in [-0.39, 0.29) is 30.7 Å². The highest BCUT2D eigenvalue weighted by molar-refractivity contribution is 9.10. The molecule has 89 heavy (non-hydrogen) atoms. The van der Waals surface area contributed by atoms with Gasteiger partial charge in [0.15, 0.2) is 0 Å². The third kappa shape index (κ3) is 23.4. The van der Waals surface area contributed by atoms with Crippen LogP contribution < -0.4 is 67.5 Å². The Hall–Kier alpha value is -6.95. The molecule has 4 aliphatic heterocycles. The van der Waals surface area contributed by atoms with Crippen LogP contribution in [0.2, 0.25) is 25.1 Å². The molecule has 13 N–H and O–H groups in total. The van der Waals surface area contributed by atoms with Gasteiger partial charge in [0.25, 0.3) is 33.4 Å². The number of likely N-dealkylation sites (tertiary alicyclic amines) is 3. The van der Waals surface area contributed by atoms with Crippen LogP contribution in [0.3, 0.4) is 0 Å². The molecule has 484 valence electrons. The van der Waals surface area contributed by atoms with Crippen LogP contribution in [0.25, 0.3) is 0 Å². The van der Waals surface area contributed by atoms with Crippen LogP contribution in [0.5, 0.6) is 0 Å². The van der Waals surface area contributed by atoms with E-state index < -0.39 is 61.9 Å². The summed E-state index contributed by atoms with van der Waals surface area (Å²) in [5.74, 6) is 0.900. The number of nitrogens with one attached hydrogen (secondary N) is 13. The molecule has 6 aromatic rings. The van der Waals surface area contributed by atoms with Gasteiger partial charge < -0.3 is 39.7 Å². The van der Waals surface area contributed by atoms with Crippen molar-refractivity contribution < 1.29 is 0 Å². The fourth-order valence-electron chi connectivity index (χ4n) is 8.73. The predicted molar refractivity (Wildman–Crippen MR) is 348 cm³/mol. The topological polar surface area (TPSA) is 456 Å². The first-order valence-electron chi connectivity index (χ1n) is 27.5. The fourth-order valence-corrected chi connectivity index (χ4v) is 10.8. The van der Waals surface area contributed by atoms with Crippen molar-refractivity contribution in [3.8, 4) is 0 Å². The van der Waals surface area contributed by atoms with Gasteiger partial charge in [-0.15, -0.1) is 16.9 Å². The van der Waals surface area contributed by atoms with Gasteiger partial charge in [-0.05, 0) is 101 Å². The normalized spacial score (nSPS) is 14.4. The molecule has 6 aromatic heterocycles. The molecule has 3 fully saturated rings. The number of aromatic nitrogens is 12. The Morgan fingerprint density at radius 1 is 0.506 bits per heavy atom. The van der Waals surface area contributed by atoms with Crippen LogP contribution in [0.15, 0.2) is 72.2 Å². The lowest BCUT2D eigenvalue weighted by molar-refractivity contribution is 0.323. The van der Waals surface area contributed by atoms with Crippen LogP contribution in [0.1, 0.15) is 106 Å². The van der Waals surface area contributed by atoms with Crippen molar-refractivity contribution in [2.75, 3.05) is 46.3 Å². The van der Waals surface area contributed by atoms with Crippen molar-refractivity contribution in [2.24, 2.45) is 10.2 Å². The standard InChI is InChI=1S/C9H12BrN3O2.C9H11ClN4O2.C9H12ClN3O2.C9H14ClN3O2.C8H7ClN4O2S.C7H9ClN2O2/c10-7-6(5-13-3-1-2-4-13)11-9(15)12-8(7)14;10-7-5(12-9(16)13-8(7)15)4-14-3-1-2-6(14)11;10-7-6(5-13-3-1-2-4-13)11-9(15)12-8(7)14;1-3-4-13(2)5-6-7(10)8(14)12-9(15)11-6;9-6-4(11-8(15)12-7(6)14)3-16-5-1-2-10-13-5;1-2-3-4-5(8)6(11)10-7(12)9-4/h1-5H2,(H2,11,12,14,15);11H,1-4H2,(H2,12,13,15,16);1-5H2,(H2,11,12,14,15);3-5H2,1-2H3,(H2,11,12,14,15);2H,1,3H2,(H2,11,12,14,15);2-3H2,1H3,(H2,9,10,11,12). The van der Waals surface area contributed by atoms with E-state index in [4.69, 9.17) is 63.4 Å². The quantitative estimate of drug-likeness (QED) is 0.0745. The van der Waals surface area contributed by atoms with E-state index in [1.807, 2.05) is 33.8 Å². The van der Waals surface area contributed by atoms with Crippen molar-refractivity contribution >= 4 is 103 Å². The van der Waals surface area contributed by atoms with Crippen LogP contribution in [-0.4, -0.2) is 143 Å². The van der Waals surface area contributed by atoms with E-state index in [9.17, 15) is 57.5 Å². The van der Waals surface area contributed by atoms with Crippen molar-refractivity contribution in [3.63, 3.8) is 0 Å². The Balaban J connectivity index is 0.000000195. The number of rotatable bonds is 14. The molecule has 10 rings (SSSR count).